The van der Waals surface area contributed by atoms with Gasteiger partial charge >= 0.3 is 5.37 Å². The minimum Gasteiger partial charge on any atom is -0.330 e. The Balaban J connectivity index is 2.40. The summed E-state index contributed by atoms with van der Waals surface area (Å²) in [5.74, 6) is -0.246. The lowest BCUT2D eigenvalue weighted by molar-refractivity contribution is -0.118. The van der Waals surface area contributed by atoms with Crippen molar-refractivity contribution in [3.05, 3.63) is 29.3 Å². The quantitative estimate of drug-likeness (QED) is 0.645. The van der Waals surface area contributed by atoms with Crippen molar-refractivity contribution in [1.82, 2.24) is 0 Å². The molecule has 1 heterocycles. The summed E-state index contributed by atoms with van der Waals surface area (Å²) in [6.45, 7) is 0.579. The first-order chi connectivity index (χ1) is 8.13. The fraction of sp³-hybridized carbons (Fsp3) is 0.333. The molecular weight excluding hydrogens is 240 g/mol. The largest absolute Gasteiger partial charge is 0.330 e. The molecule has 2 amide bonds. The average Bonchev–Trinajstić information content (AvgIpc) is 2.29. The molecule has 0 fully saturated rings. The topological polar surface area (TPSA) is 63.4 Å². The lowest BCUT2D eigenvalue weighted by Gasteiger charge is -2.26. The van der Waals surface area contributed by atoms with E-state index in [1.54, 1.807) is 6.07 Å². The van der Waals surface area contributed by atoms with Crippen LogP contribution in [0.1, 0.15) is 17.5 Å². The molecule has 0 aromatic heterocycles. The van der Waals surface area contributed by atoms with Gasteiger partial charge in [0.1, 0.15) is 0 Å². The second kappa shape index (κ2) is 4.85. The van der Waals surface area contributed by atoms with Gasteiger partial charge in [-0.2, -0.15) is 0 Å². The number of rotatable bonds is 2. The van der Waals surface area contributed by atoms with Crippen LogP contribution in [-0.2, 0) is 17.6 Å². The minimum atomic E-state index is -0.748. The number of fused-ring (bicyclic) bond motifs is 1. The summed E-state index contributed by atoms with van der Waals surface area (Å²) in [4.78, 5) is 23.9. The number of benzene rings is 1. The molecule has 0 atom stereocenters. The maximum absolute atomic E-state index is 11.6. The third-order valence-corrected chi connectivity index (χ3v) is 3.02. The molecule has 2 N–H and O–H groups in total. The average molecular weight is 253 g/mol. The zero-order valence-electron chi connectivity index (χ0n) is 9.28. The molecule has 5 heteroatoms. The molecule has 17 heavy (non-hydrogen) atoms. The van der Waals surface area contributed by atoms with Crippen LogP contribution in [0.15, 0.2) is 18.2 Å². The number of nitrogens with two attached hydrogens (primary N) is 1. The first-order valence-electron chi connectivity index (χ1n) is 5.47. The molecule has 1 aromatic rings. The summed E-state index contributed by atoms with van der Waals surface area (Å²) < 4.78 is 0. The SMILES string of the molecule is NCCc1ccc2c(c1)CCC(=O)N2C(=O)Cl. The molecular formula is C12H13ClN2O2. The van der Waals surface area contributed by atoms with Gasteiger partial charge in [-0.1, -0.05) is 12.1 Å². The Kier molecular flexibility index (Phi) is 3.45. The van der Waals surface area contributed by atoms with Gasteiger partial charge in [0.2, 0.25) is 5.91 Å². The Morgan fingerprint density at radius 3 is 2.82 bits per heavy atom. The number of hydrogen-bond donors (Lipinski definition) is 1. The van der Waals surface area contributed by atoms with Gasteiger partial charge in [0.15, 0.2) is 0 Å². The fourth-order valence-corrected chi connectivity index (χ4v) is 2.25. The van der Waals surface area contributed by atoms with E-state index in [0.717, 1.165) is 22.4 Å². The van der Waals surface area contributed by atoms with E-state index in [2.05, 4.69) is 0 Å². The number of carbonyl (C=O) groups is 2. The van der Waals surface area contributed by atoms with Gasteiger partial charge in [-0.3, -0.25) is 9.59 Å². The number of halogens is 1. The summed E-state index contributed by atoms with van der Waals surface area (Å²) >= 11 is 5.43. The highest BCUT2D eigenvalue weighted by Crippen LogP contribution is 2.29. The van der Waals surface area contributed by atoms with Gasteiger partial charge < -0.3 is 5.73 Å². The lowest BCUT2D eigenvalue weighted by atomic mass is 9.98. The third kappa shape index (κ3) is 2.33. The molecule has 1 aliphatic heterocycles. The van der Waals surface area contributed by atoms with Gasteiger partial charge in [-0.25, -0.2) is 4.90 Å². The molecule has 0 unspecified atom stereocenters. The van der Waals surface area contributed by atoms with E-state index in [0.29, 0.717) is 25.1 Å². The molecule has 0 saturated heterocycles. The van der Waals surface area contributed by atoms with Gasteiger partial charge in [-0.05, 0) is 48.2 Å². The normalized spacial score (nSPS) is 14.7. The predicted molar refractivity (Wildman–Crippen MR) is 66.3 cm³/mol. The molecule has 0 bridgehead atoms. The third-order valence-electron chi connectivity index (χ3n) is 2.85. The number of aryl methyl sites for hydroxylation is 1. The van der Waals surface area contributed by atoms with E-state index in [1.807, 2.05) is 12.1 Å². The van der Waals surface area contributed by atoms with E-state index in [1.165, 1.54) is 0 Å². The Morgan fingerprint density at radius 2 is 2.18 bits per heavy atom. The van der Waals surface area contributed by atoms with Crippen LogP contribution in [0.5, 0.6) is 0 Å². The molecule has 1 aliphatic rings. The summed E-state index contributed by atoms with van der Waals surface area (Å²) in [5, 5.41) is -0.748. The van der Waals surface area contributed by atoms with Crippen LogP contribution in [0.3, 0.4) is 0 Å². The van der Waals surface area contributed by atoms with Gasteiger partial charge in [-0.15, -0.1) is 0 Å². The first kappa shape index (κ1) is 12.1. The number of anilines is 1. The van der Waals surface area contributed by atoms with E-state index >= 15 is 0 Å². The Bertz CT molecular complexity index is 474. The van der Waals surface area contributed by atoms with Crippen LogP contribution in [0.25, 0.3) is 0 Å². The summed E-state index contributed by atoms with van der Waals surface area (Å²) in [6, 6.07) is 5.62. The maximum atomic E-state index is 11.6. The lowest BCUT2D eigenvalue weighted by Crippen LogP contribution is -2.37. The monoisotopic (exact) mass is 252 g/mol. The number of amides is 2. The van der Waals surface area contributed by atoms with E-state index in [9.17, 15) is 9.59 Å². The summed E-state index contributed by atoms with van der Waals surface area (Å²) in [7, 11) is 0. The number of hydrogen-bond acceptors (Lipinski definition) is 3. The zero-order valence-corrected chi connectivity index (χ0v) is 10.0. The van der Waals surface area contributed by atoms with Crippen molar-refractivity contribution in [2.45, 2.75) is 19.3 Å². The van der Waals surface area contributed by atoms with Gasteiger partial charge in [0, 0.05) is 6.42 Å². The van der Waals surface area contributed by atoms with Gasteiger partial charge in [0.05, 0.1) is 5.69 Å². The van der Waals surface area contributed by atoms with Crippen molar-refractivity contribution in [1.29, 1.82) is 0 Å². The second-order valence-corrected chi connectivity index (χ2v) is 4.31. The zero-order chi connectivity index (χ0) is 12.4. The number of imide groups is 1. The van der Waals surface area contributed by atoms with E-state index < -0.39 is 5.37 Å². The molecule has 2 rings (SSSR count). The van der Waals surface area contributed by atoms with Crippen molar-refractivity contribution in [3.8, 4) is 0 Å². The van der Waals surface area contributed by atoms with Gasteiger partial charge in [0.25, 0.3) is 0 Å². The van der Waals surface area contributed by atoms with Crippen molar-refractivity contribution in [2.24, 2.45) is 5.73 Å². The molecule has 0 saturated carbocycles. The Labute approximate surface area is 104 Å². The van der Waals surface area contributed by atoms with Crippen LogP contribution in [0, 0.1) is 0 Å². The first-order valence-corrected chi connectivity index (χ1v) is 5.85. The standard InChI is InChI=1S/C12H13ClN2O2/c13-12(17)15-10-3-1-8(5-6-14)7-9(10)2-4-11(15)16/h1,3,7H,2,4-6,14H2. The molecule has 1 aromatic carbocycles. The molecule has 4 nitrogen and oxygen atoms in total. The smallest absolute Gasteiger partial charge is 0.327 e. The molecule has 0 spiro atoms. The Hall–Kier alpha value is -1.39. The van der Waals surface area contributed by atoms with Crippen molar-refractivity contribution < 1.29 is 9.59 Å². The summed E-state index contributed by atoms with van der Waals surface area (Å²) in [6.07, 6.45) is 1.75. The molecule has 90 valence electrons. The Morgan fingerprint density at radius 1 is 1.41 bits per heavy atom. The van der Waals surface area contributed by atoms with E-state index in [-0.39, 0.29) is 5.91 Å². The van der Waals surface area contributed by atoms with Crippen molar-refractivity contribution in [2.75, 3.05) is 11.4 Å². The maximum Gasteiger partial charge on any atom is 0.327 e. The fourth-order valence-electron chi connectivity index (χ4n) is 2.06. The second-order valence-electron chi connectivity index (χ2n) is 3.98. The van der Waals surface area contributed by atoms with Crippen molar-refractivity contribution in [3.63, 3.8) is 0 Å². The highest BCUT2D eigenvalue weighted by Gasteiger charge is 2.28. The van der Waals surface area contributed by atoms with Crippen LogP contribution in [0.2, 0.25) is 0 Å². The van der Waals surface area contributed by atoms with E-state index in [4.69, 9.17) is 17.3 Å². The number of nitrogens with zero attached hydrogens (tertiary/aromatic N) is 1. The van der Waals surface area contributed by atoms with Crippen LogP contribution >= 0.6 is 11.6 Å². The van der Waals surface area contributed by atoms with Crippen LogP contribution < -0.4 is 10.6 Å². The highest BCUT2D eigenvalue weighted by molar-refractivity contribution is 6.68. The predicted octanol–water partition coefficient (Wildman–Crippen LogP) is 1.83. The van der Waals surface area contributed by atoms with Crippen LogP contribution in [-0.4, -0.2) is 17.8 Å². The molecule has 0 aliphatic carbocycles. The van der Waals surface area contributed by atoms with Crippen LogP contribution in [0.4, 0.5) is 10.5 Å². The minimum absolute atomic E-state index is 0.246. The summed E-state index contributed by atoms with van der Waals surface area (Å²) in [5.41, 5.74) is 8.18. The number of carbonyl (C=O) groups excluding carboxylic acids is 2. The highest BCUT2D eigenvalue weighted by atomic mass is 35.5. The molecule has 0 radical (unpaired) electrons. The van der Waals surface area contributed by atoms with Crippen molar-refractivity contribution >= 4 is 28.6 Å².